The molecule has 0 aromatic rings. The maximum atomic E-state index is 14.2. The highest BCUT2D eigenvalue weighted by molar-refractivity contribution is 5.89. The summed E-state index contributed by atoms with van der Waals surface area (Å²) >= 11 is 0. The number of ether oxygens (including phenoxy) is 2. The molecule has 6 heteroatoms. The number of carbonyl (C=O) groups is 3. The van der Waals surface area contributed by atoms with E-state index in [1.807, 2.05) is 0 Å². The van der Waals surface area contributed by atoms with Crippen molar-refractivity contribution < 1.29 is 23.9 Å². The van der Waals surface area contributed by atoms with E-state index < -0.39 is 0 Å². The fourth-order valence-electron chi connectivity index (χ4n) is 13.7. The summed E-state index contributed by atoms with van der Waals surface area (Å²) in [4.78, 5) is 43.1. The van der Waals surface area contributed by atoms with E-state index in [9.17, 15) is 14.4 Å². The molecule has 0 aromatic heterocycles. The van der Waals surface area contributed by atoms with Gasteiger partial charge in [-0.1, -0.05) is 27.4 Å². The Morgan fingerprint density at radius 2 is 1.39 bits per heavy atom. The highest BCUT2D eigenvalue weighted by Crippen LogP contribution is 2.68. The lowest BCUT2D eigenvalue weighted by molar-refractivity contribution is -0.159. The van der Waals surface area contributed by atoms with Gasteiger partial charge in [-0.2, -0.15) is 0 Å². The smallest absolute Gasteiger partial charge is 0.333 e. The number of hydrogen-bond acceptors (Lipinski definition) is 5. The van der Waals surface area contributed by atoms with Crippen LogP contribution in [-0.2, 0) is 23.9 Å². The summed E-state index contributed by atoms with van der Waals surface area (Å²) in [5.74, 6) is 4.20. The predicted molar refractivity (Wildman–Crippen MR) is 192 cm³/mol. The number of rotatable bonds is 1. The summed E-state index contributed by atoms with van der Waals surface area (Å²) in [7, 11) is 0. The van der Waals surface area contributed by atoms with Gasteiger partial charge in [0.25, 0.3) is 0 Å². The number of amides is 1. The van der Waals surface area contributed by atoms with Crippen molar-refractivity contribution in [3.63, 3.8) is 0 Å². The monoisotopic (exact) mass is 678 g/mol. The largest absolute Gasteiger partial charge is 0.462 e. The molecule has 13 rings (SSSR count). The lowest BCUT2D eigenvalue weighted by atomic mass is 9.44. The van der Waals surface area contributed by atoms with Gasteiger partial charge in [-0.3, -0.25) is 9.59 Å². The van der Waals surface area contributed by atoms with E-state index in [2.05, 4.69) is 46.1 Å². The molecular weight excluding hydrogens is 610 g/mol. The molecule has 6 nitrogen and oxygen atoms in total. The second kappa shape index (κ2) is 13.9. The van der Waals surface area contributed by atoms with Gasteiger partial charge in [-0.15, -0.1) is 0 Å². The number of nitrogens with zero attached hydrogens (tertiary/aromatic N) is 1. The van der Waals surface area contributed by atoms with Gasteiger partial charge in [-0.05, 0) is 182 Å². The molecule has 13 fully saturated rings. The molecule has 0 N–H and O–H groups in total. The quantitative estimate of drug-likeness (QED) is 0.204. The molecule has 12 atom stereocenters. The van der Waals surface area contributed by atoms with Crippen LogP contribution in [0.2, 0.25) is 0 Å². The Bertz CT molecular complexity index is 1260. The fraction of sp³-hybridized carbons (Fsp3) is 0.884. The standard InChI is InChI=1S/C43H67NO5/c1-26-7-18-39(45)48-33-13-10-30(11-14-33)24-31(40(46)44-28(3)8-9-29(44)4)23-27(2)41(47)49-34-19-21-42(5)32(25-34)12-15-35-37-17-16-36(26)43(37,6)22-20-38(35)42/h26,28-38H,2,7-25H2,1,3-6H3/t26-,28+,29+,30?,31?,32-,33?,34-,35+,36-,37+,38+,42+,43-/m1/s1. The molecule has 49 heavy (non-hydrogen) atoms. The van der Waals surface area contributed by atoms with E-state index >= 15 is 0 Å². The van der Waals surface area contributed by atoms with E-state index in [-0.39, 0.29) is 48.1 Å². The lowest BCUT2D eigenvalue weighted by Gasteiger charge is -2.61. The Morgan fingerprint density at radius 1 is 0.714 bits per heavy atom. The third-order valence-corrected chi connectivity index (χ3v) is 16.5. The van der Waals surface area contributed by atoms with Crippen molar-refractivity contribution in [2.24, 2.45) is 58.2 Å². The Balaban J connectivity index is 1.11. The van der Waals surface area contributed by atoms with Crippen molar-refractivity contribution in [1.29, 1.82) is 0 Å². The molecule has 5 aliphatic carbocycles. The van der Waals surface area contributed by atoms with Crippen molar-refractivity contribution >= 4 is 17.8 Å². The van der Waals surface area contributed by atoms with Gasteiger partial charge in [-0.25, -0.2) is 4.79 Å². The summed E-state index contributed by atoms with van der Waals surface area (Å²) in [5, 5.41) is 0. The van der Waals surface area contributed by atoms with Crippen molar-refractivity contribution in [2.45, 2.75) is 181 Å². The maximum Gasteiger partial charge on any atom is 0.333 e. The van der Waals surface area contributed by atoms with Gasteiger partial charge in [0.2, 0.25) is 5.91 Å². The average Bonchev–Trinajstić information content (AvgIpc) is 3.61. The summed E-state index contributed by atoms with van der Waals surface area (Å²) in [5.41, 5.74) is 1.17. The van der Waals surface area contributed by atoms with Gasteiger partial charge in [0.05, 0.1) is 0 Å². The van der Waals surface area contributed by atoms with Crippen LogP contribution in [0.3, 0.4) is 0 Å². The molecule has 8 aliphatic heterocycles. The van der Waals surface area contributed by atoms with Crippen molar-refractivity contribution in [2.75, 3.05) is 0 Å². The topological polar surface area (TPSA) is 72.9 Å². The van der Waals surface area contributed by atoms with Crippen molar-refractivity contribution in [3.8, 4) is 0 Å². The van der Waals surface area contributed by atoms with Crippen LogP contribution in [0, 0.1) is 58.2 Å². The van der Waals surface area contributed by atoms with Crippen LogP contribution >= 0.6 is 0 Å². The number of carbonyl (C=O) groups excluding carboxylic acids is 3. The molecule has 0 aromatic carbocycles. The minimum Gasteiger partial charge on any atom is -0.462 e. The molecule has 0 spiro atoms. The fourth-order valence-corrected chi connectivity index (χ4v) is 13.7. The summed E-state index contributed by atoms with van der Waals surface area (Å²) < 4.78 is 12.4. The van der Waals surface area contributed by atoms with E-state index in [4.69, 9.17) is 9.47 Å². The molecule has 5 saturated carbocycles. The molecular formula is C43H67NO5. The van der Waals surface area contributed by atoms with Crippen LogP contribution in [0.1, 0.15) is 157 Å². The number of likely N-dealkylation sites (tertiary alicyclic amines) is 1. The van der Waals surface area contributed by atoms with Crippen LogP contribution in [0.25, 0.3) is 0 Å². The normalized spacial score (nSPS) is 48.0. The Kier molecular flexibility index (Phi) is 10.1. The van der Waals surface area contributed by atoms with Crippen LogP contribution in [0.15, 0.2) is 12.2 Å². The summed E-state index contributed by atoms with van der Waals surface area (Å²) in [6.07, 6.45) is 19.2. The summed E-state index contributed by atoms with van der Waals surface area (Å²) in [6.45, 7) is 16.2. The SMILES string of the molecule is C=C1CC(C(=O)N2[C@@H](C)CC[C@@H]2C)CC2CCC(CC2)OC(=O)CC[C@@H](C)[C@H]2CC[C@H]3[C@@H]4CC[C@@H]5C[C@@H](CC[C@]5(C)[C@H]4CC[C@]23C)OC1=O. The van der Waals surface area contributed by atoms with Gasteiger partial charge in [0, 0.05) is 30.0 Å². The van der Waals surface area contributed by atoms with Gasteiger partial charge in [0.1, 0.15) is 12.2 Å². The van der Waals surface area contributed by atoms with Crippen molar-refractivity contribution in [1.82, 2.24) is 4.90 Å². The van der Waals surface area contributed by atoms with E-state index in [0.29, 0.717) is 52.9 Å². The lowest BCUT2D eigenvalue weighted by Crippen LogP contribution is -2.54. The maximum absolute atomic E-state index is 14.2. The molecule has 1 amide bonds. The first kappa shape index (κ1) is 35.5. The van der Waals surface area contributed by atoms with E-state index in [1.165, 1.54) is 38.5 Å². The van der Waals surface area contributed by atoms with Crippen LogP contribution in [0.4, 0.5) is 0 Å². The van der Waals surface area contributed by atoms with Gasteiger partial charge >= 0.3 is 11.9 Å². The average molecular weight is 678 g/mol. The third-order valence-electron chi connectivity index (χ3n) is 16.5. The zero-order chi connectivity index (χ0) is 34.7. The van der Waals surface area contributed by atoms with Gasteiger partial charge < -0.3 is 14.4 Å². The number of esters is 2. The molecule has 274 valence electrons. The second-order valence-corrected chi connectivity index (χ2v) is 19.1. The second-order valence-electron chi connectivity index (χ2n) is 19.1. The van der Waals surface area contributed by atoms with E-state index in [0.717, 1.165) is 88.4 Å². The van der Waals surface area contributed by atoms with Crippen LogP contribution < -0.4 is 0 Å². The van der Waals surface area contributed by atoms with E-state index in [1.54, 1.807) is 0 Å². The van der Waals surface area contributed by atoms with Gasteiger partial charge in [0.15, 0.2) is 0 Å². The highest BCUT2D eigenvalue weighted by Gasteiger charge is 2.61. The molecule has 13 aliphatic rings. The zero-order valence-electron chi connectivity index (χ0n) is 31.6. The molecule has 0 radical (unpaired) electrons. The predicted octanol–water partition coefficient (Wildman–Crippen LogP) is 9.44. The van der Waals surface area contributed by atoms with Crippen LogP contribution in [-0.4, -0.2) is 47.0 Å². The Morgan fingerprint density at radius 3 is 2.12 bits per heavy atom. The molecule has 1 unspecified atom stereocenters. The minimum atomic E-state index is -0.285. The first-order valence-electron chi connectivity index (χ1n) is 20.8. The minimum absolute atomic E-state index is 0.0158. The molecule has 8 saturated heterocycles. The molecule has 10 bridgehead atoms. The third kappa shape index (κ3) is 6.67. The number of hydrogen-bond donors (Lipinski definition) is 0. The van der Waals surface area contributed by atoms with Crippen molar-refractivity contribution in [3.05, 3.63) is 12.2 Å². The first-order valence-corrected chi connectivity index (χ1v) is 20.8. The molecule has 8 heterocycles. The first-order chi connectivity index (χ1) is 23.4. The Hall–Kier alpha value is -1.85. The summed E-state index contributed by atoms with van der Waals surface area (Å²) in [6, 6.07) is 0.450. The zero-order valence-corrected chi connectivity index (χ0v) is 31.6. The Labute approximate surface area is 297 Å². The van der Waals surface area contributed by atoms with Crippen LogP contribution in [0.5, 0.6) is 0 Å². The highest BCUT2D eigenvalue weighted by atomic mass is 16.5.